The first-order valence-electron chi connectivity index (χ1n) is 10.1. The fraction of sp³-hybridized carbons (Fsp3) is 0.381. The minimum atomic E-state index is -0.119. The van der Waals surface area contributed by atoms with Gasteiger partial charge in [0.05, 0.1) is 41.7 Å². The second kappa shape index (κ2) is 7.62. The van der Waals surface area contributed by atoms with E-state index in [-0.39, 0.29) is 18.0 Å². The van der Waals surface area contributed by atoms with E-state index in [1.165, 1.54) is 17.6 Å². The Balaban J connectivity index is 1.28. The molecule has 29 heavy (non-hydrogen) atoms. The summed E-state index contributed by atoms with van der Waals surface area (Å²) in [6.07, 6.45) is 12.3. The molecular formula is C21H23N7O. The van der Waals surface area contributed by atoms with Gasteiger partial charge in [-0.3, -0.25) is 9.78 Å². The quantitative estimate of drug-likeness (QED) is 0.673. The van der Waals surface area contributed by atoms with Crippen LogP contribution in [-0.2, 0) is 0 Å². The molecule has 1 unspecified atom stereocenters. The molecule has 1 amide bonds. The van der Waals surface area contributed by atoms with Gasteiger partial charge in [0.25, 0.3) is 5.91 Å². The fourth-order valence-corrected chi connectivity index (χ4v) is 3.92. The van der Waals surface area contributed by atoms with Crippen molar-refractivity contribution in [3.63, 3.8) is 0 Å². The van der Waals surface area contributed by atoms with Crippen LogP contribution in [0.5, 0.6) is 0 Å². The monoisotopic (exact) mass is 389 g/mol. The van der Waals surface area contributed by atoms with Crippen LogP contribution in [0.15, 0.2) is 49.1 Å². The molecule has 0 saturated heterocycles. The van der Waals surface area contributed by atoms with Crippen LogP contribution in [0.2, 0.25) is 0 Å². The molecule has 5 rings (SSSR count). The Hall–Kier alpha value is -3.29. The average molecular weight is 389 g/mol. The Morgan fingerprint density at radius 2 is 1.76 bits per heavy atom. The minimum absolute atomic E-state index is 0.0334. The van der Waals surface area contributed by atoms with Crippen molar-refractivity contribution < 1.29 is 4.79 Å². The molecule has 2 heterocycles. The Morgan fingerprint density at radius 3 is 2.52 bits per heavy atom. The third-order valence-corrected chi connectivity index (χ3v) is 5.62. The highest BCUT2D eigenvalue weighted by atomic mass is 16.1. The number of carbonyl (C=O) groups is 1. The molecule has 2 N–H and O–H groups in total. The van der Waals surface area contributed by atoms with Crippen molar-refractivity contribution in [3.05, 3.63) is 60.3 Å². The number of carbonyl (C=O) groups excluding carboxylic acids is 1. The molecule has 8 heteroatoms. The van der Waals surface area contributed by atoms with E-state index in [2.05, 4.69) is 30.8 Å². The van der Waals surface area contributed by atoms with Crippen molar-refractivity contribution in [2.24, 2.45) is 0 Å². The molecular weight excluding hydrogens is 366 g/mol. The smallest absolute Gasteiger partial charge is 0.253 e. The first kappa shape index (κ1) is 17.8. The first-order chi connectivity index (χ1) is 14.3. The Bertz CT molecular complexity index is 983. The molecule has 3 aromatic rings. The highest BCUT2D eigenvalue weighted by Gasteiger charge is 2.30. The maximum absolute atomic E-state index is 13.0. The molecule has 2 aliphatic rings. The minimum Gasteiger partial charge on any atom is -0.364 e. The van der Waals surface area contributed by atoms with Crippen molar-refractivity contribution in [2.75, 3.05) is 5.32 Å². The SMILES string of the molecule is O=C(NC1CCC[C@@H]1Nc1cnc(C2CC2)cn1)c1ccccc1-n1nccn1. The maximum atomic E-state index is 13.0. The molecule has 2 aromatic heterocycles. The van der Waals surface area contributed by atoms with Crippen molar-refractivity contribution in [2.45, 2.75) is 50.1 Å². The van der Waals surface area contributed by atoms with Crippen LogP contribution in [0.4, 0.5) is 5.82 Å². The van der Waals surface area contributed by atoms with Gasteiger partial charge in [0, 0.05) is 18.0 Å². The number of para-hydroxylation sites is 1. The summed E-state index contributed by atoms with van der Waals surface area (Å²) in [4.78, 5) is 23.5. The number of aromatic nitrogens is 5. The summed E-state index contributed by atoms with van der Waals surface area (Å²) in [5.41, 5.74) is 2.30. The van der Waals surface area contributed by atoms with Crippen LogP contribution < -0.4 is 10.6 Å². The standard InChI is InChI=1S/C21H23N7O/c29-21(15-4-1-2-7-19(15)28-24-10-11-25-28)27-17-6-3-5-16(17)26-20-13-22-18(12-23-20)14-8-9-14/h1-2,4,7,10-14,16-17H,3,5-6,8-9H2,(H,23,26)(H,27,29)/t16-,17?/m0/s1. The van der Waals surface area contributed by atoms with Gasteiger partial charge in [-0.1, -0.05) is 12.1 Å². The fourth-order valence-electron chi connectivity index (χ4n) is 3.92. The second-order valence-corrected chi connectivity index (χ2v) is 7.70. The van der Waals surface area contributed by atoms with Crippen molar-refractivity contribution in [3.8, 4) is 5.69 Å². The molecule has 0 radical (unpaired) electrons. The number of anilines is 1. The van der Waals surface area contributed by atoms with Gasteiger partial charge < -0.3 is 10.6 Å². The number of hydrogen-bond donors (Lipinski definition) is 2. The number of nitrogens with zero attached hydrogens (tertiary/aromatic N) is 5. The van der Waals surface area contributed by atoms with Crippen LogP contribution in [0.3, 0.4) is 0 Å². The second-order valence-electron chi connectivity index (χ2n) is 7.70. The van der Waals surface area contributed by atoms with Gasteiger partial charge in [-0.25, -0.2) is 4.98 Å². The number of benzene rings is 1. The largest absolute Gasteiger partial charge is 0.364 e. The van der Waals surface area contributed by atoms with E-state index in [1.54, 1.807) is 18.5 Å². The summed E-state index contributed by atoms with van der Waals surface area (Å²) >= 11 is 0. The van der Waals surface area contributed by atoms with Gasteiger partial charge in [0.2, 0.25) is 0 Å². The highest BCUT2D eigenvalue weighted by Crippen LogP contribution is 2.38. The molecule has 2 atom stereocenters. The van der Waals surface area contributed by atoms with Crippen LogP contribution in [0.25, 0.3) is 5.69 Å². The third kappa shape index (κ3) is 3.83. The lowest BCUT2D eigenvalue weighted by molar-refractivity contribution is 0.0935. The first-order valence-corrected chi connectivity index (χ1v) is 10.1. The average Bonchev–Trinajstić information content (AvgIpc) is 3.28. The predicted molar refractivity (Wildman–Crippen MR) is 108 cm³/mol. The van der Waals surface area contributed by atoms with E-state index in [9.17, 15) is 4.79 Å². The van der Waals surface area contributed by atoms with Crippen molar-refractivity contribution in [1.29, 1.82) is 0 Å². The number of hydrogen-bond acceptors (Lipinski definition) is 6. The Morgan fingerprint density at radius 1 is 0.966 bits per heavy atom. The summed E-state index contributed by atoms with van der Waals surface area (Å²) in [6, 6.07) is 7.54. The van der Waals surface area contributed by atoms with Gasteiger partial charge in [-0.15, -0.1) is 0 Å². The zero-order valence-corrected chi connectivity index (χ0v) is 16.0. The maximum Gasteiger partial charge on any atom is 0.253 e. The van der Waals surface area contributed by atoms with Gasteiger partial charge in [-0.05, 0) is 44.2 Å². The van der Waals surface area contributed by atoms with E-state index < -0.39 is 0 Å². The van der Waals surface area contributed by atoms with Crippen LogP contribution >= 0.6 is 0 Å². The number of amides is 1. The van der Waals surface area contributed by atoms with Crippen molar-refractivity contribution >= 4 is 11.7 Å². The molecule has 2 fully saturated rings. The zero-order valence-electron chi connectivity index (χ0n) is 16.0. The zero-order chi connectivity index (χ0) is 19.6. The lowest BCUT2D eigenvalue weighted by atomic mass is 10.1. The van der Waals surface area contributed by atoms with Gasteiger partial charge in [0.1, 0.15) is 5.82 Å². The summed E-state index contributed by atoms with van der Waals surface area (Å²) in [5, 5.41) is 15.0. The topological polar surface area (TPSA) is 97.6 Å². The van der Waals surface area contributed by atoms with Crippen LogP contribution in [0.1, 0.15) is 54.1 Å². The van der Waals surface area contributed by atoms with Crippen molar-refractivity contribution in [1.82, 2.24) is 30.3 Å². The molecule has 8 nitrogen and oxygen atoms in total. The van der Waals surface area contributed by atoms with Crippen LogP contribution in [0, 0.1) is 0 Å². The molecule has 1 aromatic carbocycles. The predicted octanol–water partition coefficient (Wildman–Crippen LogP) is 2.70. The molecule has 0 bridgehead atoms. The van der Waals surface area contributed by atoms with Crippen LogP contribution in [-0.4, -0.2) is 43.0 Å². The molecule has 2 aliphatic carbocycles. The Kier molecular flexibility index (Phi) is 4.67. The highest BCUT2D eigenvalue weighted by molar-refractivity contribution is 5.97. The molecule has 2 saturated carbocycles. The van der Waals surface area contributed by atoms with Gasteiger partial charge in [0.15, 0.2) is 0 Å². The van der Waals surface area contributed by atoms with E-state index in [4.69, 9.17) is 0 Å². The molecule has 0 aliphatic heterocycles. The van der Waals surface area contributed by atoms with E-state index in [0.717, 1.165) is 30.8 Å². The summed E-state index contributed by atoms with van der Waals surface area (Å²) in [6.45, 7) is 0. The normalized spacial score (nSPS) is 21.1. The number of rotatable bonds is 6. The summed E-state index contributed by atoms with van der Waals surface area (Å²) in [5.74, 6) is 1.24. The van der Waals surface area contributed by atoms with Gasteiger partial charge in [-0.2, -0.15) is 15.0 Å². The molecule has 0 spiro atoms. The van der Waals surface area contributed by atoms with E-state index >= 15 is 0 Å². The summed E-state index contributed by atoms with van der Waals surface area (Å²) < 4.78 is 0. The Labute approximate surface area is 168 Å². The lowest BCUT2D eigenvalue weighted by Crippen LogP contribution is -2.43. The van der Waals surface area contributed by atoms with E-state index in [0.29, 0.717) is 17.2 Å². The summed E-state index contributed by atoms with van der Waals surface area (Å²) in [7, 11) is 0. The van der Waals surface area contributed by atoms with Gasteiger partial charge >= 0.3 is 0 Å². The number of nitrogens with one attached hydrogen (secondary N) is 2. The van der Waals surface area contributed by atoms with E-state index in [1.807, 2.05) is 30.6 Å². The third-order valence-electron chi connectivity index (χ3n) is 5.62. The lowest BCUT2D eigenvalue weighted by Gasteiger charge is -2.23. The molecule has 148 valence electrons.